The molecular formula is C22H25F3O3S. The van der Waals surface area contributed by atoms with Crippen molar-refractivity contribution in [2.24, 2.45) is 5.92 Å². The maximum absolute atomic E-state index is 13.5. The number of aliphatic carboxylic acids is 1. The van der Waals surface area contributed by atoms with E-state index in [1.165, 1.54) is 13.2 Å². The standard InChI is InChI=1S/C22H25F3O3S/c1-15(2)12-17-6-4-5-7-19(17)21(20(26)27,14-22(23,24)25)29-13-16-8-10-18(28-3)11-9-16/h4-11,15H,12-14H2,1-3H3,(H,26,27). The van der Waals surface area contributed by atoms with Gasteiger partial charge in [0.25, 0.3) is 0 Å². The zero-order valence-corrected chi connectivity index (χ0v) is 17.4. The van der Waals surface area contributed by atoms with E-state index < -0.39 is 23.3 Å². The van der Waals surface area contributed by atoms with E-state index in [0.717, 1.165) is 17.3 Å². The highest BCUT2D eigenvalue weighted by Gasteiger charge is 2.50. The van der Waals surface area contributed by atoms with Crippen LogP contribution in [-0.4, -0.2) is 24.4 Å². The molecule has 2 aromatic rings. The topological polar surface area (TPSA) is 46.5 Å². The summed E-state index contributed by atoms with van der Waals surface area (Å²) in [4.78, 5) is 12.3. The Morgan fingerprint density at radius 1 is 1.10 bits per heavy atom. The van der Waals surface area contributed by atoms with Crippen LogP contribution in [0.5, 0.6) is 5.75 Å². The smallest absolute Gasteiger partial charge is 0.391 e. The molecule has 0 fully saturated rings. The van der Waals surface area contributed by atoms with E-state index in [4.69, 9.17) is 4.74 Å². The number of carboxylic acid groups (broad SMARTS) is 1. The molecule has 0 aromatic heterocycles. The zero-order valence-electron chi connectivity index (χ0n) is 16.6. The number of carbonyl (C=O) groups is 1. The summed E-state index contributed by atoms with van der Waals surface area (Å²) in [6.45, 7) is 3.90. The Morgan fingerprint density at radius 2 is 1.72 bits per heavy atom. The molecule has 0 aliphatic heterocycles. The van der Waals surface area contributed by atoms with Crippen LogP contribution >= 0.6 is 11.8 Å². The number of benzene rings is 2. The van der Waals surface area contributed by atoms with Crippen molar-refractivity contribution < 1.29 is 27.8 Å². The fourth-order valence-corrected chi connectivity index (χ4v) is 4.57. The number of rotatable bonds is 9. The lowest BCUT2D eigenvalue weighted by Crippen LogP contribution is -2.38. The summed E-state index contributed by atoms with van der Waals surface area (Å²) in [7, 11) is 1.52. The number of thioether (sulfide) groups is 1. The largest absolute Gasteiger partial charge is 0.497 e. The van der Waals surface area contributed by atoms with Crippen LogP contribution in [0.4, 0.5) is 13.2 Å². The van der Waals surface area contributed by atoms with Gasteiger partial charge in [-0.2, -0.15) is 13.2 Å². The molecule has 0 saturated heterocycles. The second kappa shape index (κ2) is 9.57. The third kappa shape index (κ3) is 6.16. The number of carboxylic acids is 1. The van der Waals surface area contributed by atoms with E-state index in [0.29, 0.717) is 17.7 Å². The van der Waals surface area contributed by atoms with Gasteiger partial charge in [-0.3, -0.25) is 4.79 Å². The van der Waals surface area contributed by atoms with Crippen LogP contribution in [0.15, 0.2) is 48.5 Å². The van der Waals surface area contributed by atoms with Gasteiger partial charge in [0.2, 0.25) is 0 Å². The average molecular weight is 427 g/mol. The van der Waals surface area contributed by atoms with Crippen LogP contribution in [0.3, 0.4) is 0 Å². The summed E-state index contributed by atoms with van der Waals surface area (Å²) in [5.41, 5.74) is 1.58. The maximum atomic E-state index is 13.5. The first-order chi connectivity index (χ1) is 13.6. The highest BCUT2D eigenvalue weighted by Crippen LogP contribution is 2.48. The van der Waals surface area contributed by atoms with Crippen LogP contribution in [0, 0.1) is 5.92 Å². The Morgan fingerprint density at radius 3 is 2.24 bits per heavy atom. The molecule has 1 unspecified atom stereocenters. The Balaban J connectivity index is 2.49. The quantitative estimate of drug-likeness (QED) is 0.529. The first-order valence-corrected chi connectivity index (χ1v) is 10.2. The Labute approximate surface area is 173 Å². The zero-order chi connectivity index (χ0) is 21.7. The molecular weight excluding hydrogens is 401 g/mol. The summed E-state index contributed by atoms with van der Waals surface area (Å²) in [6, 6.07) is 13.4. The van der Waals surface area contributed by atoms with Gasteiger partial charge in [0.05, 0.1) is 13.5 Å². The minimum absolute atomic E-state index is 0.127. The normalized spacial score (nSPS) is 13.9. The predicted molar refractivity (Wildman–Crippen MR) is 109 cm³/mol. The van der Waals surface area contributed by atoms with Crippen LogP contribution in [0.2, 0.25) is 0 Å². The molecule has 7 heteroatoms. The third-order valence-corrected chi connectivity index (χ3v) is 6.03. The predicted octanol–water partition coefficient (Wildman–Crippen LogP) is 6.06. The molecule has 29 heavy (non-hydrogen) atoms. The second-order valence-corrected chi connectivity index (χ2v) is 8.59. The molecule has 1 N–H and O–H groups in total. The van der Waals surface area contributed by atoms with E-state index in [1.54, 1.807) is 42.5 Å². The van der Waals surface area contributed by atoms with Crippen molar-refractivity contribution in [2.75, 3.05) is 7.11 Å². The van der Waals surface area contributed by atoms with E-state index >= 15 is 0 Å². The van der Waals surface area contributed by atoms with E-state index in [9.17, 15) is 23.1 Å². The number of methoxy groups -OCH3 is 1. The molecule has 0 spiro atoms. The molecule has 1 atom stereocenters. The highest BCUT2D eigenvalue weighted by molar-refractivity contribution is 8.00. The van der Waals surface area contributed by atoms with E-state index in [1.807, 2.05) is 13.8 Å². The van der Waals surface area contributed by atoms with Gasteiger partial charge < -0.3 is 9.84 Å². The molecule has 2 aromatic carbocycles. The van der Waals surface area contributed by atoms with Gasteiger partial charge in [-0.25, -0.2) is 0 Å². The summed E-state index contributed by atoms with van der Waals surface area (Å²) in [5, 5.41) is 10.0. The molecule has 3 nitrogen and oxygen atoms in total. The lowest BCUT2D eigenvalue weighted by molar-refractivity contribution is -0.160. The summed E-state index contributed by atoms with van der Waals surface area (Å²) in [5.74, 6) is -0.548. The molecule has 0 amide bonds. The Bertz CT molecular complexity index is 819. The van der Waals surface area contributed by atoms with Gasteiger partial charge >= 0.3 is 12.1 Å². The van der Waals surface area contributed by atoms with Gasteiger partial charge in [0, 0.05) is 5.75 Å². The molecule has 2 rings (SSSR count). The molecule has 158 valence electrons. The fraction of sp³-hybridized carbons (Fsp3) is 0.409. The first kappa shape index (κ1) is 23.1. The fourth-order valence-electron chi connectivity index (χ4n) is 3.22. The van der Waals surface area contributed by atoms with E-state index in [-0.39, 0.29) is 17.2 Å². The van der Waals surface area contributed by atoms with Crippen molar-refractivity contribution in [1.29, 1.82) is 0 Å². The second-order valence-electron chi connectivity index (χ2n) is 7.32. The monoisotopic (exact) mass is 426 g/mol. The number of hydrogen-bond donors (Lipinski definition) is 1. The molecule has 0 bridgehead atoms. The van der Waals surface area contributed by atoms with Crippen molar-refractivity contribution in [1.82, 2.24) is 0 Å². The van der Waals surface area contributed by atoms with Crippen molar-refractivity contribution in [3.63, 3.8) is 0 Å². The van der Waals surface area contributed by atoms with Gasteiger partial charge in [0.1, 0.15) is 10.5 Å². The highest BCUT2D eigenvalue weighted by atomic mass is 32.2. The van der Waals surface area contributed by atoms with Crippen LogP contribution in [0.1, 0.15) is 37.0 Å². The van der Waals surface area contributed by atoms with Crippen molar-refractivity contribution >= 4 is 17.7 Å². The number of hydrogen-bond acceptors (Lipinski definition) is 3. The number of alkyl halides is 3. The molecule has 0 saturated carbocycles. The summed E-state index contributed by atoms with van der Waals surface area (Å²) < 4.78 is 43.5. The van der Waals surface area contributed by atoms with Gasteiger partial charge in [-0.1, -0.05) is 50.2 Å². The van der Waals surface area contributed by atoms with Crippen LogP contribution in [-0.2, 0) is 21.7 Å². The van der Waals surface area contributed by atoms with Gasteiger partial charge in [-0.15, -0.1) is 11.8 Å². The Kier molecular flexibility index (Phi) is 7.63. The average Bonchev–Trinajstić information content (AvgIpc) is 2.64. The molecule has 0 aliphatic rings. The minimum atomic E-state index is -4.63. The van der Waals surface area contributed by atoms with E-state index in [2.05, 4.69) is 0 Å². The molecule has 0 aliphatic carbocycles. The van der Waals surface area contributed by atoms with Gasteiger partial charge in [0.15, 0.2) is 0 Å². The SMILES string of the molecule is COc1ccc(CSC(CC(F)(F)F)(C(=O)O)c2ccccc2CC(C)C)cc1. The number of ether oxygens (including phenoxy) is 1. The van der Waals surface area contributed by atoms with Crippen molar-refractivity contribution in [3.8, 4) is 5.75 Å². The van der Waals surface area contributed by atoms with Crippen molar-refractivity contribution in [2.45, 2.75) is 43.4 Å². The van der Waals surface area contributed by atoms with Crippen LogP contribution in [0.25, 0.3) is 0 Å². The lowest BCUT2D eigenvalue weighted by Gasteiger charge is -2.32. The maximum Gasteiger partial charge on any atom is 0.391 e. The lowest BCUT2D eigenvalue weighted by atomic mass is 9.87. The summed E-state index contributed by atoms with van der Waals surface area (Å²) in [6.07, 6.45) is -5.56. The van der Waals surface area contributed by atoms with Crippen molar-refractivity contribution in [3.05, 3.63) is 65.2 Å². The van der Waals surface area contributed by atoms with Gasteiger partial charge in [-0.05, 0) is 41.2 Å². The first-order valence-electron chi connectivity index (χ1n) is 9.23. The molecule has 0 heterocycles. The third-order valence-electron chi connectivity index (χ3n) is 4.52. The minimum Gasteiger partial charge on any atom is -0.497 e. The van der Waals surface area contributed by atoms with Crippen LogP contribution < -0.4 is 4.74 Å². The Hall–Kier alpha value is -2.15. The molecule has 0 radical (unpaired) electrons. The number of halogens is 3. The summed E-state index contributed by atoms with van der Waals surface area (Å²) >= 11 is 0.805.